The number of carbonyl (C=O) groups excluding carboxylic acids is 1. The van der Waals surface area contributed by atoms with Crippen LogP contribution in [0, 0.1) is 6.92 Å². The van der Waals surface area contributed by atoms with E-state index >= 15 is 0 Å². The third-order valence-electron chi connectivity index (χ3n) is 5.52. The van der Waals surface area contributed by atoms with Gasteiger partial charge in [0.15, 0.2) is 5.65 Å². The first-order valence-electron chi connectivity index (χ1n) is 10.8. The molecule has 31 heavy (non-hydrogen) atoms. The van der Waals surface area contributed by atoms with Crippen molar-refractivity contribution in [3.8, 4) is 5.69 Å². The molecule has 1 fully saturated rings. The minimum Gasteiger partial charge on any atom is -0.352 e. The lowest BCUT2D eigenvalue weighted by atomic mass is 10.2. The van der Waals surface area contributed by atoms with Gasteiger partial charge in [0.05, 0.1) is 21.8 Å². The molecule has 0 spiro atoms. The number of carbonyl (C=O) groups is 1. The highest BCUT2D eigenvalue weighted by Gasteiger charge is 2.26. The van der Waals surface area contributed by atoms with E-state index < -0.39 is 0 Å². The summed E-state index contributed by atoms with van der Waals surface area (Å²) >= 11 is 6.45. The molecule has 4 rings (SSSR count). The van der Waals surface area contributed by atoms with E-state index in [-0.39, 0.29) is 6.03 Å². The summed E-state index contributed by atoms with van der Waals surface area (Å²) in [7, 11) is 0. The second-order valence-corrected chi connectivity index (χ2v) is 8.08. The van der Waals surface area contributed by atoms with Crippen molar-refractivity contribution in [3.05, 3.63) is 40.8 Å². The molecule has 2 amide bonds. The summed E-state index contributed by atoms with van der Waals surface area (Å²) in [6.45, 7) is 9.50. The molecule has 0 aliphatic carbocycles. The third kappa shape index (κ3) is 4.17. The van der Waals surface area contributed by atoms with Crippen LogP contribution in [0.2, 0.25) is 5.02 Å². The van der Waals surface area contributed by atoms with Crippen LogP contribution in [0.4, 0.5) is 10.6 Å². The number of piperazine rings is 1. The summed E-state index contributed by atoms with van der Waals surface area (Å²) in [6, 6.07) is 7.64. The lowest BCUT2D eigenvalue weighted by Crippen LogP contribution is -2.52. The predicted octanol–water partition coefficient (Wildman–Crippen LogP) is 3.58. The van der Waals surface area contributed by atoms with E-state index in [1.54, 1.807) is 0 Å². The Morgan fingerprint density at radius 2 is 1.87 bits per heavy atom. The van der Waals surface area contributed by atoms with E-state index in [1.165, 1.54) is 0 Å². The standard InChI is InChI=1S/C22H28ClN7O/c1-4-10-24-22(31)29-13-11-28(12-14-29)20-19-15(3)27-30(17-9-7-6-8-16(17)23)21(19)26-18(5-2)25-20/h6-9H,4-5,10-14H2,1-3H3,(H,24,31). The van der Waals surface area contributed by atoms with Crippen LogP contribution >= 0.6 is 11.6 Å². The fourth-order valence-corrected chi connectivity index (χ4v) is 4.06. The Labute approximate surface area is 187 Å². The largest absolute Gasteiger partial charge is 0.352 e. The number of hydrogen-bond donors (Lipinski definition) is 1. The van der Waals surface area contributed by atoms with Gasteiger partial charge in [0.25, 0.3) is 0 Å². The zero-order chi connectivity index (χ0) is 22.0. The number of hydrogen-bond acceptors (Lipinski definition) is 5. The molecular weight excluding hydrogens is 414 g/mol. The lowest BCUT2D eigenvalue weighted by Gasteiger charge is -2.35. The second-order valence-electron chi connectivity index (χ2n) is 7.67. The molecule has 1 N–H and O–H groups in total. The van der Waals surface area contributed by atoms with Crippen LogP contribution < -0.4 is 10.2 Å². The first kappa shape index (κ1) is 21.4. The minimum atomic E-state index is 0.00583. The van der Waals surface area contributed by atoms with Gasteiger partial charge in [0.2, 0.25) is 0 Å². The Hall–Kier alpha value is -2.87. The van der Waals surface area contributed by atoms with E-state index in [1.807, 2.05) is 47.7 Å². The van der Waals surface area contributed by atoms with Crippen LogP contribution in [0.15, 0.2) is 24.3 Å². The Morgan fingerprint density at radius 3 is 2.55 bits per heavy atom. The number of amides is 2. The summed E-state index contributed by atoms with van der Waals surface area (Å²) < 4.78 is 1.81. The second kappa shape index (κ2) is 9.09. The monoisotopic (exact) mass is 441 g/mol. The van der Waals surface area contributed by atoms with Gasteiger partial charge in [-0.15, -0.1) is 0 Å². The minimum absolute atomic E-state index is 0.00583. The zero-order valence-electron chi connectivity index (χ0n) is 18.2. The van der Waals surface area contributed by atoms with Gasteiger partial charge < -0.3 is 15.1 Å². The maximum Gasteiger partial charge on any atom is 0.317 e. The number of halogens is 1. The Morgan fingerprint density at radius 1 is 1.13 bits per heavy atom. The number of aryl methyl sites for hydroxylation is 2. The number of nitrogens with zero attached hydrogens (tertiary/aromatic N) is 6. The highest BCUT2D eigenvalue weighted by atomic mass is 35.5. The van der Waals surface area contributed by atoms with Crippen LogP contribution in [0.3, 0.4) is 0 Å². The molecule has 1 aliphatic rings. The van der Waals surface area contributed by atoms with Gasteiger partial charge in [-0.2, -0.15) is 5.10 Å². The first-order chi connectivity index (χ1) is 15.0. The van der Waals surface area contributed by atoms with Gasteiger partial charge in [-0.1, -0.05) is 37.6 Å². The number of rotatable bonds is 5. The van der Waals surface area contributed by atoms with Gasteiger partial charge in [-0.3, -0.25) is 0 Å². The highest BCUT2D eigenvalue weighted by Crippen LogP contribution is 2.31. The van der Waals surface area contributed by atoms with Crippen molar-refractivity contribution >= 4 is 34.5 Å². The Kier molecular flexibility index (Phi) is 6.27. The highest BCUT2D eigenvalue weighted by molar-refractivity contribution is 6.32. The molecule has 164 valence electrons. The molecule has 2 aromatic heterocycles. The van der Waals surface area contributed by atoms with Crippen LogP contribution in [0.25, 0.3) is 16.7 Å². The van der Waals surface area contributed by atoms with E-state index in [0.29, 0.717) is 37.7 Å². The summed E-state index contributed by atoms with van der Waals surface area (Å²) in [5.74, 6) is 1.64. The third-order valence-corrected chi connectivity index (χ3v) is 5.84. The molecule has 1 saturated heterocycles. The van der Waals surface area contributed by atoms with Crippen molar-refractivity contribution < 1.29 is 4.79 Å². The summed E-state index contributed by atoms with van der Waals surface area (Å²) in [4.78, 5) is 26.1. The quantitative estimate of drug-likeness (QED) is 0.654. The van der Waals surface area contributed by atoms with Crippen molar-refractivity contribution in [1.82, 2.24) is 30.0 Å². The Balaban J connectivity index is 1.69. The summed E-state index contributed by atoms with van der Waals surface area (Å²) in [6.07, 6.45) is 1.65. The summed E-state index contributed by atoms with van der Waals surface area (Å²) in [5.41, 5.74) is 2.41. The molecule has 3 aromatic rings. The number of benzene rings is 1. The van der Waals surface area contributed by atoms with Gasteiger partial charge in [0.1, 0.15) is 11.6 Å². The number of anilines is 1. The molecule has 0 saturated carbocycles. The number of fused-ring (bicyclic) bond motifs is 1. The average molecular weight is 442 g/mol. The number of urea groups is 1. The number of aromatic nitrogens is 4. The molecular formula is C22H28ClN7O. The van der Waals surface area contributed by atoms with Crippen molar-refractivity contribution in [3.63, 3.8) is 0 Å². The van der Waals surface area contributed by atoms with Gasteiger partial charge in [-0.25, -0.2) is 19.4 Å². The molecule has 0 unspecified atom stereocenters. The molecule has 3 heterocycles. The van der Waals surface area contributed by atoms with Gasteiger partial charge in [0, 0.05) is 39.1 Å². The van der Waals surface area contributed by atoms with Crippen LogP contribution in [-0.2, 0) is 6.42 Å². The fraction of sp³-hybridized carbons (Fsp3) is 0.455. The van der Waals surface area contributed by atoms with Crippen molar-refractivity contribution in [1.29, 1.82) is 0 Å². The van der Waals surface area contributed by atoms with E-state index in [0.717, 1.165) is 46.9 Å². The fourth-order valence-electron chi connectivity index (χ4n) is 3.85. The zero-order valence-corrected chi connectivity index (χ0v) is 19.0. The van der Waals surface area contributed by atoms with E-state index in [9.17, 15) is 4.79 Å². The molecule has 1 aliphatic heterocycles. The summed E-state index contributed by atoms with van der Waals surface area (Å²) in [5, 5.41) is 9.27. The molecule has 0 radical (unpaired) electrons. The molecule has 0 bridgehead atoms. The van der Waals surface area contributed by atoms with E-state index in [2.05, 4.69) is 17.1 Å². The molecule has 0 atom stereocenters. The Bertz CT molecular complexity index is 1090. The van der Waals surface area contributed by atoms with Crippen molar-refractivity contribution in [2.24, 2.45) is 0 Å². The van der Waals surface area contributed by atoms with Crippen LogP contribution in [0.5, 0.6) is 0 Å². The van der Waals surface area contributed by atoms with Crippen LogP contribution in [0.1, 0.15) is 31.8 Å². The maximum atomic E-state index is 12.3. The lowest BCUT2D eigenvalue weighted by molar-refractivity contribution is 0.194. The van der Waals surface area contributed by atoms with Gasteiger partial charge >= 0.3 is 6.03 Å². The predicted molar refractivity (Wildman–Crippen MR) is 123 cm³/mol. The molecule has 1 aromatic carbocycles. The van der Waals surface area contributed by atoms with Gasteiger partial charge in [-0.05, 0) is 25.5 Å². The first-order valence-corrected chi connectivity index (χ1v) is 11.2. The van der Waals surface area contributed by atoms with Crippen LogP contribution in [-0.4, -0.2) is 63.4 Å². The van der Waals surface area contributed by atoms with Crippen molar-refractivity contribution in [2.75, 3.05) is 37.6 Å². The SMILES string of the molecule is CCCNC(=O)N1CCN(c2nc(CC)nc3c2c(C)nn3-c2ccccc2Cl)CC1. The normalized spacial score (nSPS) is 14.3. The number of nitrogens with one attached hydrogen (secondary N) is 1. The smallest absolute Gasteiger partial charge is 0.317 e. The number of para-hydroxylation sites is 1. The maximum absolute atomic E-state index is 12.3. The van der Waals surface area contributed by atoms with E-state index in [4.69, 9.17) is 26.7 Å². The molecule has 9 heteroatoms. The molecule has 8 nitrogen and oxygen atoms in total. The van der Waals surface area contributed by atoms with Crippen molar-refractivity contribution in [2.45, 2.75) is 33.6 Å². The topological polar surface area (TPSA) is 79.2 Å². The average Bonchev–Trinajstić information content (AvgIpc) is 3.13.